The normalized spacial score (nSPS) is 17.6. The van der Waals surface area contributed by atoms with Gasteiger partial charge in [-0.2, -0.15) is 0 Å². The first-order chi connectivity index (χ1) is 10.3. The minimum Gasteiger partial charge on any atom is -0.320 e. The van der Waals surface area contributed by atoms with Gasteiger partial charge in [-0.25, -0.2) is 0 Å². The fourth-order valence-electron chi connectivity index (χ4n) is 3.25. The standard InChI is InChI=1S/C18H22N2O/c19-17(14-8-3-1-4-9-14)16-12-7-13-20(18(16)21)15-10-5-2-6-11-15/h1,3-4,7-9,12-13,15,17H,2,5-6,10-11,19H2. The SMILES string of the molecule is NC(c1ccccc1)c1cccn(C2CCCCC2)c1=O. The monoisotopic (exact) mass is 282 g/mol. The second kappa shape index (κ2) is 6.27. The van der Waals surface area contributed by atoms with Crippen LogP contribution in [0.2, 0.25) is 0 Å². The van der Waals surface area contributed by atoms with E-state index in [1.54, 1.807) is 0 Å². The van der Waals surface area contributed by atoms with Gasteiger partial charge in [-0.1, -0.05) is 55.7 Å². The van der Waals surface area contributed by atoms with E-state index in [1.807, 2.05) is 53.2 Å². The molecule has 3 rings (SSSR count). The number of nitrogens with two attached hydrogens (primary N) is 1. The largest absolute Gasteiger partial charge is 0.320 e. The molecule has 1 aliphatic carbocycles. The number of nitrogens with zero attached hydrogens (tertiary/aromatic N) is 1. The predicted octanol–water partition coefficient (Wildman–Crippen LogP) is 3.40. The van der Waals surface area contributed by atoms with Crippen molar-refractivity contribution in [2.45, 2.75) is 44.2 Å². The quantitative estimate of drug-likeness (QED) is 0.938. The second-order valence-corrected chi connectivity index (χ2v) is 5.86. The van der Waals surface area contributed by atoms with Gasteiger partial charge in [-0.05, 0) is 24.5 Å². The highest BCUT2D eigenvalue weighted by Gasteiger charge is 2.19. The van der Waals surface area contributed by atoms with E-state index >= 15 is 0 Å². The van der Waals surface area contributed by atoms with Crippen molar-refractivity contribution in [2.24, 2.45) is 5.73 Å². The zero-order valence-corrected chi connectivity index (χ0v) is 12.2. The molecule has 0 saturated heterocycles. The van der Waals surface area contributed by atoms with Crippen LogP contribution in [-0.2, 0) is 0 Å². The van der Waals surface area contributed by atoms with Gasteiger partial charge in [0, 0.05) is 17.8 Å². The topological polar surface area (TPSA) is 48.0 Å². The first-order valence-electron chi connectivity index (χ1n) is 7.79. The van der Waals surface area contributed by atoms with Crippen molar-refractivity contribution in [3.05, 3.63) is 70.1 Å². The molecule has 1 aromatic heterocycles. The molecule has 110 valence electrons. The number of hydrogen-bond donors (Lipinski definition) is 1. The van der Waals surface area contributed by atoms with Crippen molar-refractivity contribution in [1.29, 1.82) is 0 Å². The van der Waals surface area contributed by atoms with Crippen LogP contribution < -0.4 is 11.3 Å². The zero-order chi connectivity index (χ0) is 14.7. The molecule has 2 N–H and O–H groups in total. The summed E-state index contributed by atoms with van der Waals surface area (Å²) in [6.45, 7) is 0. The second-order valence-electron chi connectivity index (χ2n) is 5.86. The van der Waals surface area contributed by atoms with E-state index in [4.69, 9.17) is 5.73 Å². The van der Waals surface area contributed by atoms with Gasteiger partial charge in [0.05, 0.1) is 6.04 Å². The van der Waals surface area contributed by atoms with Gasteiger partial charge in [-0.15, -0.1) is 0 Å². The Bertz CT molecular complexity index is 642. The van der Waals surface area contributed by atoms with Crippen LogP contribution in [0.1, 0.15) is 55.3 Å². The van der Waals surface area contributed by atoms with Crippen molar-refractivity contribution in [1.82, 2.24) is 4.57 Å². The lowest BCUT2D eigenvalue weighted by Gasteiger charge is -2.25. The van der Waals surface area contributed by atoms with E-state index in [0.717, 1.165) is 18.4 Å². The summed E-state index contributed by atoms with van der Waals surface area (Å²) in [4.78, 5) is 12.8. The molecule has 1 heterocycles. The Labute approximate surface area is 125 Å². The average molecular weight is 282 g/mol. The first kappa shape index (κ1) is 14.1. The van der Waals surface area contributed by atoms with Crippen molar-refractivity contribution in [3.63, 3.8) is 0 Å². The number of rotatable bonds is 3. The molecular formula is C18H22N2O. The van der Waals surface area contributed by atoms with E-state index in [9.17, 15) is 4.79 Å². The first-order valence-corrected chi connectivity index (χ1v) is 7.79. The van der Waals surface area contributed by atoms with Crippen LogP contribution in [0.3, 0.4) is 0 Å². The average Bonchev–Trinajstić information content (AvgIpc) is 2.56. The van der Waals surface area contributed by atoms with Crippen LogP contribution in [0, 0.1) is 0 Å². The van der Waals surface area contributed by atoms with Crippen molar-refractivity contribution in [2.75, 3.05) is 0 Å². The van der Waals surface area contributed by atoms with E-state index in [0.29, 0.717) is 11.6 Å². The van der Waals surface area contributed by atoms with E-state index in [-0.39, 0.29) is 11.6 Å². The summed E-state index contributed by atoms with van der Waals surface area (Å²) >= 11 is 0. The van der Waals surface area contributed by atoms with Crippen LogP contribution in [0.4, 0.5) is 0 Å². The van der Waals surface area contributed by atoms with Gasteiger partial charge < -0.3 is 10.3 Å². The third-order valence-corrected chi connectivity index (χ3v) is 4.47. The highest BCUT2D eigenvalue weighted by molar-refractivity contribution is 5.29. The molecule has 0 amide bonds. The third-order valence-electron chi connectivity index (χ3n) is 4.47. The number of aromatic nitrogens is 1. The molecule has 1 unspecified atom stereocenters. The van der Waals surface area contributed by atoms with Crippen LogP contribution >= 0.6 is 0 Å². The van der Waals surface area contributed by atoms with Gasteiger partial charge >= 0.3 is 0 Å². The van der Waals surface area contributed by atoms with Gasteiger partial charge in [0.25, 0.3) is 5.56 Å². The fraction of sp³-hybridized carbons (Fsp3) is 0.389. The predicted molar refractivity (Wildman–Crippen MR) is 85.3 cm³/mol. The summed E-state index contributed by atoms with van der Waals surface area (Å²) < 4.78 is 1.90. The van der Waals surface area contributed by atoms with E-state index in [1.165, 1.54) is 19.3 Å². The minimum absolute atomic E-state index is 0.0701. The minimum atomic E-state index is -0.352. The molecule has 1 aliphatic rings. The van der Waals surface area contributed by atoms with Crippen LogP contribution in [0.5, 0.6) is 0 Å². The summed E-state index contributed by atoms with van der Waals surface area (Å²) in [5, 5.41) is 0. The summed E-state index contributed by atoms with van der Waals surface area (Å²) in [7, 11) is 0. The van der Waals surface area contributed by atoms with Gasteiger partial charge in [0.2, 0.25) is 0 Å². The molecule has 1 saturated carbocycles. The lowest BCUT2D eigenvalue weighted by Crippen LogP contribution is -2.31. The van der Waals surface area contributed by atoms with Gasteiger partial charge in [-0.3, -0.25) is 4.79 Å². The Morgan fingerprint density at radius 1 is 1.00 bits per heavy atom. The lowest BCUT2D eigenvalue weighted by atomic mass is 9.94. The highest BCUT2D eigenvalue weighted by atomic mass is 16.1. The third kappa shape index (κ3) is 2.93. The molecule has 1 fully saturated rings. The maximum atomic E-state index is 12.8. The molecule has 0 spiro atoms. The molecule has 1 aromatic carbocycles. The van der Waals surface area contributed by atoms with Crippen molar-refractivity contribution < 1.29 is 0 Å². The Hall–Kier alpha value is -1.87. The molecule has 0 aliphatic heterocycles. The van der Waals surface area contributed by atoms with Crippen molar-refractivity contribution in [3.8, 4) is 0 Å². The maximum Gasteiger partial charge on any atom is 0.255 e. The van der Waals surface area contributed by atoms with Crippen molar-refractivity contribution >= 4 is 0 Å². The molecule has 3 nitrogen and oxygen atoms in total. The molecule has 3 heteroatoms. The Kier molecular flexibility index (Phi) is 4.20. The fourth-order valence-corrected chi connectivity index (χ4v) is 3.25. The molecule has 21 heavy (non-hydrogen) atoms. The Balaban J connectivity index is 1.95. The van der Waals surface area contributed by atoms with E-state index < -0.39 is 0 Å². The van der Waals surface area contributed by atoms with Crippen LogP contribution in [0.15, 0.2) is 53.5 Å². The summed E-state index contributed by atoms with van der Waals surface area (Å²) in [5.41, 5.74) is 8.04. The van der Waals surface area contributed by atoms with E-state index in [2.05, 4.69) is 0 Å². The summed E-state index contributed by atoms with van der Waals surface area (Å²) in [5.74, 6) is 0. The Morgan fingerprint density at radius 3 is 2.43 bits per heavy atom. The summed E-state index contributed by atoms with van der Waals surface area (Å²) in [6, 6.07) is 13.6. The molecular weight excluding hydrogens is 260 g/mol. The summed E-state index contributed by atoms with van der Waals surface area (Å²) in [6.07, 6.45) is 7.83. The molecule has 0 bridgehead atoms. The van der Waals surface area contributed by atoms with Crippen LogP contribution in [-0.4, -0.2) is 4.57 Å². The lowest BCUT2D eigenvalue weighted by molar-refractivity contribution is 0.345. The molecule has 1 atom stereocenters. The molecule has 2 aromatic rings. The number of pyridine rings is 1. The number of benzene rings is 1. The highest BCUT2D eigenvalue weighted by Crippen LogP contribution is 2.27. The number of hydrogen-bond acceptors (Lipinski definition) is 2. The molecule has 0 radical (unpaired) electrons. The van der Waals surface area contributed by atoms with Crippen LogP contribution in [0.25, 0.3) is 0 Å². The van der Waals surface area contributed by atoms with Gasteiger partial charge in [0.1, 0.15) is 0 Å². The Morgan fingerprint density at radius 2 is 1.71 bits per heavy atom. The zero-order valence-electron chi connectivity index (χ0n) is 12.2. The maximum absolute atomic E-state index is 12.8. The van der Waals surface area contributed by atoms with Gasteiger partial charge in [0.15, 0.2) is 0 Å². The smallest absolute Gasteiger partial charge is 0.255 e.